The van der Waals surface area contributed by atoms with Gasteiger partial charge in [-0.25, -0.2) is 13.2 Å². The Hall–Kier alpha value is -3.82. The number of hydrogen-bond acceptors (Lipinski definition) is 5. The van der Waals surface area contributed by atoms with E-state index in [-0.39, 0.29) is 24.7 Å². The van der Waals surface area contributed by atoms with Gasteiger partial charge in [0.25, 0.3) is 11.8 Å². The van der Waals surface area contributed by atoms with Crippen LogP contribution in [0.25, 0.3) is 0 Å². The Morgan fingerprint density at radius 2 is 1.94 bits per heavy atom. The molecule has 4 rings (SSSR count). The Balaban J connectivity index is 1.64. The molecule has 0 aliphatic carbocycles. The SMILES string of the molecule is Cc1noc(C)c1CN1C(=O)COc2ccc(NC(=O)c3ccc(F)c(F)c3F)cc21. The Morgan fingerprint density at radius 3 is 2.65 bits per heavy atom. The third-order valence-electron chi connectivity index (χ3n) is 4.94. The summed E-state index contributed by atoms with van der Waals surface area (Å²) in [5.41, 5.74) is 1.29. The number of halogens is 3. The van der Waals surface area contributed by atoms with Crippen LogP contribution in [0.4, 0.5) is 24.5 Å². The first kappa shape index (κ1) is 20.5. The Bertz CT molecular complexity index is 1190. The number of fused-ring (bicyclic) bond motifs is 1. The molecule has 0 bridgehead atoms. The zero-order valence-corrected chi connectivity index (χ0v) is 16.5. The summed E-state index contributed by atoms with van der Waals surface area (Å²) in [4.78, 5) is 26.4. The first-order chi connectivity index (χ1) is 14.8. The lowest BCUT2D eigenvalue weighted by Gasteiger charge is -2.29. The van der Waals surface area contributed by atoms with E-state index < -0.39 is 28.9 Å². The van der Waals surface area contributed by atoms with Crippen molar-refractivity contribution in [1.82, 2.24) is 5.16 Å². The van der Waals surface area contributed by atoms with Gasteiger partial charge in [-0.15, -0.1) is 0 Å². The number of carbonyl (C=O) groups is 2. The summed E-state index contributed by atoms with van der Waals surface area (Å²) >= 11 is 0. The summed E-state index contributed by atoms with van der Waals surface area (Å²) in [7, 11) is 0. The highest BCUT2D eigenvalue weighted by atomic mass is 19.2. The molecule has 0 atom stereocenters. The Morgan fingerprint density at radius 1 is 1.16 bits per heavy atom. The maximum Gasteiger partial charge on any atom is 0.265 e. The van der Waals surface area contributed by atoms with Gasteiger partial charge < -0.3 is 19.5 Å². The second-order valence-electron chi connectivity index (χ2n) is 6.93. The van der Waals surface area contributed by atoms with Crippen molar-refractivity contribution >= 4 is 23.2 Å². The lowest BCUT2D eigenvalue weighted by molar-refractivity contribution is -0.121. The average molecular weight is 431 g/mol. The molecule has 0 unspecified atom stereocenters. The number of rotatable bonds is 4. The van der Waals surface area contributed by atoms with Crippen LogP contribution in [0.3, 0.4) is 0 Å². The third kappa shape index (κ3) is 3.72. The predicted octanol–water partition coefficient (Wildman–Crippen LogP) is 3.89. The smallest absolute Gasteiger partial charge is 0.265 e. The molecule has 0 spiro atoms. The highest BCUT2D eigenvalue weighted by Gasteiger charge is 2.28. The highest BCUT2D eigenvalue weighted by Crippen LogP contribution is 2.36. The maximum atomic E-state index is 13.9. The summed E-state index contributed by atoms with van der Waals surface area (Å²) < 4.78 is 51.1. The quantitative estimate of drug-likeness (QED) is 0.634. The van der Waals surface area contributed by atoms with Crippen molar-refractivity contribution in [1.29, 1.82) is 0 Å². The standard InChI is InChI=1S/C21H16F3N3O4/c1-10-14(11(2)31-26-10)8-27-16-7-12(3-6-17(16)30-9-18(27)28)25-21(29)13-4-5-15(22)20(24)19(13)23/h3-7H,8-9H2,1-2H3,(H,25,29). The maximum absolute atomic E-state index is 13.9. The van der Waals surface area contributed by atoms with Crippen molar-refractivity contribution < 1.29 is 32.0 Å². The molecule has 0 fully saturated rings. The van der Waals surface area contributed by atoms with Gasteiger partial charge in [0.2, 0.25) is 0 Å². The second-order valence-corrected chi connectivity index (χ2v) is 6.93. The minimum Gasteiger partial charge on any atom is -0.482 e. The van der Waals surface area contributed by atoms with Gasteiger partial charge in [-0.2, -0.15) is 0 Å². The molecule has 0 saturated heterocycles. The number of aromatic nitrogens is 1. The number of benzene rings is 2. The predicted molar refractivity (Wildman–Crippen MR) is 103 cm³/mol. The fourth-order valence-electron chi connectivity index (χ4n) is 3.24. The molecule has 0 saturated carbocycles. The van der Waals surface area contributed by atoms with E-state index in [9.17, 15) is 22.8 Å². The number of ether oxygens (including phenoxy) is 1. The van der Waals surface area contributed by atoms with Crippen LogP contribution in [0.15, 0.2) is 34.9 Å². The van der Waals surface area contributed by atoms with Crippen LogP contribution in [-0.4, -0.2) is 23.6 Å². The van der Waals surface area contributed by atoms with Gasteiger partial charge in [0.05, 0.1) is 23.5 Å². The van der Waals surface area contributed by atoms with Crippen LogP contribution >= 0.6 is 0 Å². The van der Waals surface area contributed by atoms with Gasteiger partial charge in [-0.3, -0.25) is 9.59 Å². The molecule has 10 heteroatoms. The van der Waals surface area contributed by atoms with Gasteiger partial charge in [0, 0.05) is 11.3 Å². The van der Waals surface area contributed by atoms with E-state index in [0.29, 0.717) is 29.0 Å². The van der Waals surface area contributed by atoms with Crippen molar-refractivity contribution in [2.75, 3.05) is 16.8 Å². The normalized spacial score (nSPS) is 13.1. The summed E-state index contributed by atoms with van der Waals surface area (Å²) in [6, 6.07) is 6.01. The molecule has 2 heterocycles. The molecule has 2 amide bonds. The molecule has 3 aromatic rings. The van der Waals surface area contributed by atoms with E-state index in [4.69, 9.17) is 9.26 Å². The monoisotopic (exact) mass is 431 g/mol. The van der Waals surface area contributed by atoms with Crippen molar-refractivity contribution in [2.45, 2.75) is 20.4 Å². The highest BCUT2D eigenvalue weighted by molar-refractivity contribution is 6.05. The average Bonchev–Trinajstić information content (AvgIpc) is 3.06. The van der Waals surface area contributed by atoms with Crippen molar-refractivity contribution in [3.63, 3.8) is 0 Å². The fraction of sp³-hybridized carbons (Fsp3) is 0.190. The van der Waals surface area contributed by atoms with Crippen molar-refractivity contribution in [3.05, 3.63) is 70.4 Å². The van der Waals surface area contributed by atoms with Gasteiger partial charge in [0.15, 0.2) is 24.1 Å². The Labute approximate surface area is 174 Å². The number of amides is 2. The van der Waals surface area contributed by atoms with E-state index in [1.54, 1.807) is 19.9 Å². The first-order valence-electron chi connectivity index (χ1n) is 9.20. The molecular weight excluding hydrogens is 415 g/mol. The topological polar surface area (TPSA) is 84.7 Å². The van der Waals surface area contributed by atoms with Crippen LogP contribution in [0.1, 0.15) is 27.4 Å². The number of aryl methyl sites for hydroxylation is 2. The fourth-order valence-corrected chi connectivity index (χ4v) is 3.24. The molecule has 31 heavy (non-hydrogen) atoms. The van der Waals surface area contributed by atoms with Crippen LogP contribution in [-0.2, 0) is 11.3 Å². The van der Waals surface area contributed by atoms with Gasteiger partial charge in [0.1, 0.15) is 11.5 Å². The molecule has 0 radical (unpaired) electrons. The molecule has 1 aromatic heterocycles. The minimum absolute atomic E-state index is 0.165. The number of anilines is 2. The minimum atomic E-state index is -1.73. The molecular formula is C21H16F3N3O4. The lowest BCUT2D eigenvalue weighted by atomic mass is 10.1. The van der Waals surface area contributed by atoms with E-state index in [1.165, 1.54) is 17.0 Å². The zero-order valence-electron chi connectivity index (χ0n) is 16.5. The molecule has 1 aliphatic heterocycles. The van der Waals surface area contributed by atoms with E-state index in [0.717, 1.165) is 11.6 Å². The number of nitrogens with one attached hydrogen (secondary N) is 1. The van der Waals surface area contributed by atoms with Crippen LogP contribution in [0.5, 0.6) is 5.75 Å². The summed E-state index contributed by atoms with van der Waals surface area (Å²) in [5.74, 6) is -5.04. The van der Waals surface area contributed by atoms with Crippen LogP contribution in [0, 0.1) is 31.3 Å². The largest absolute Gasteiger partial charge is 0.482 e. The summed E-state index contributed by atoms with van der Waals surface area (Å²) in [5, 5.41) is 6.30. The zero-order chi connectivity index (χ0) is 22.3. The van der Waals surface area contributed by atoms with E-state index in [1.807, 2.05) is 0 Å². The van der Waals surface area contributed by atoms with E-state index in [2.05, 4.69) is 10.5 Å². The van der Waals surface area contributed by atoms with Gasteiger partial charge in [-0.05, 0) is 44.2 Å². The van der Waals surface area contributed by atoms with Gasteiger partial charge in [-0.1, -0.05) is 5.16 Å². The molecule has 2 aromatic carbocycles. The summed E-state index contributed by atoms with van der Waals surface area (Å²) in [6.45, 7) is 3.49. The Kier molecular flexibility index (Phi) is 5.14. The van der Waals surface area contributed by atoms with E-state index >= 15 is 0 Å². The molecule has 1 aliphatic rings. The lowest BCUT2D eigenvalue weighted by Crippen LogP contribution is -2.38. The van der Waals surface area contributed by atoms with Crippen molar-refractivity contribution in [2.24, 2.45) is 0 Å². The number of nitrogens with zero attached hydrogens (tertiary/aromatic N) is 2. The number of carbonyl (C=O) groups excluding carboxylic acids is 2. The second kappa shape index (κ2) is 7.78. The van der Waals surface area contributed by atoms with Crippen molar-refractivity contribution in [3.8, 4) is 5.75 Å². The third-order valence-corrected chi connectivity index (χ3v) is 4.94. The molecule has 7 nitrogen and oxygen atoms in total. The van der Waals surface area contributed by atoms with Gasteiger partial charge >= 0.3 is 0 Å². The first-order valence-corrected chi connectivity index (χ1v) is 9.20. The van der Waals surface area contributed by atoms with Crippen LogP contribution < -0.4 is 15.0 Å². The number of hydrogen-bond donors (Lipinski definition) is 1. The molecule has 160 valence electrons. The van der Waals surface area contributed by atoms with Crippen LogP contribution in [0.2, 0.25) is 0 Å². The molecule has 1 N–H and O–H groups in total. The summed E-state index contributed by atoms with van der Waals surface area (Å²) in [6.07, 6.45) is 0.